The Morgan fingerprint density at radius 2 is 1.70 bits per heavy atom. The Morgan fingerprint density at radius 3 is 2.40 bits per heavy atom. The van der Waals surface area contributed by atoms with Crippen LogP contribution in [-0.4, -0.2) is 23.5 Å². The number of amides is 1. The topological polar surface area (TPSA) is 55.4 Å². The summed E-state index contributed by atoms with van der Waals surface area (Å²) in [6.45, 7) is 0. The molecule has 0 unspecified atom stereocenters. The summed E-state index contributed by atoms with van der Waals surface area (Å²) < 4.78 is 5.61. The Labute approximate surface area is 120 Å². The average Bonchev–Trinajstić information content (AvgIpc) is 2.77. The van der Waals surface area contributed by atoms with E-state index >= 15 is 0 Å². The van der Waals surface area contributed by atoms with Gasteiger partial charge in [0.15, 0.2) is 0 Å². The second-order valence-corrected chi connectivity index (χ2v) is 6.70. The van der Waals surface area contributed by atoms with Crippen LogP contribution in [0.4, 0.5) is 0 Å². The van der Waals surface area contributed by atoms with E-state index in [9.17, 15) is 9.59 Å². The van der Waals surface area contributed by atoms with Crippen molar-refractivity contribution in [3.05, 3.63) is 0 Å². The standard InChI is InChI=1S/C16H25NO3/c18-14-11-13(16(20-14)9-5-2-6-10-16)15(19)17-12-7-3-1-4-8-12/h12-13H,1-11H2,(H,17,19)/t13-/m1/s1. The number of carbonyl (C=O) groups excluding carboxylic acids is 2. The van der Waals surface area contributed by atoms with Crippen LogP contribution in [-0.2, 0) is 14.3 Å². The number of ether oxygens (including phenoxy) is 1. The fraction of sp³-hybridized carbons (Fsp3) is 0.875. The Kier molecular flexibility index (Phi) is 3.99. The predicted octanol–water partition coefficient (Wildman–Crippen LogP) is 2.70. The van der Waals surface area contributed by atoms with Crippen molar-refractivity contribution in [2.45, 2.75) is 82.3 Å². The van der Waals surface area contributed by atoms with Crippen molar-refractivity contribution in [3.63, 3.8) is 0 Å². The van der Waals surface area contributed by atoms with Crippen molar-refractivity contribution in [2.24, 2.45) is 5.92 Å². The number of rotatable bonds is 2. The number of hydrogen-bond acceptors (Lipinski definition) is 3. The third-order valence-electron chi connectivity index (χ3n) is 5.29. The molecule has 3 rings (SSSR count). The van der Waals surface area contributed by atoms with Crippen LogP contribution < -0.4 is 5.32 Å². The molecule has 0 bridgehead atoms. The summed E-state index contributed by atoms with van der Waals surface area (Å²) in [4.78, 5) is 24.3. The molecule has 1 N–H and O–H groups in total. The van der Waals surface area contributed by atoms with Crippen LogP contribution in [0.25, 0.3) is 0 Å². The summed E-state index contributed by atoms with van der Waals surface area (Å²) in [7, 11) is 0. The highest BCUT2D eigenvalue weighted by molar-refractivity contribution is 5.88. The molecule has 0 aromatic heterocycles. The van der Waals surface area contributed by atoms with Gasteiger partial charge in [-0.05, 0) is 38.5 Å². The second kappa shape index (κ2) is 5.74. The summed E-state index contributed by atoms with van der Waals surface area (Å²) in [5.41, 5.74) is -0.478. The van der Waals surface area contributed by atoms with Crippen LogP contribution >= 0.6 is 0 Å². The zero-order chi connectivity index (χ0) is 14.0. The number of nitrogens with one attached hydrogen (secondary N) is 1. The van der Waals surface area contributed by atoms with Crippen LogP contribution in [0.5, 0.6) is 0 Å². The maximum atomic E-state index is 12.6. The quantitative estimate of drug-likeness (QED) is 0.791. The Morgan fingerprint density at radius 1 is 1.05 bits per heavy atom. The fourth-order valence-corrected chi connectivity index (χ4v) is 4.17. The first-order valence-electron chi connectivity index (χ1n) is 8.22. The summed E-state index contributed by atoms with van der Waals surface area (Å²) in [6.07, 6.45) is 11.2. The van der Waals surface area contributed by atoms with E-state index in [1.165, 1.54) is 25.7 Å². The number of esters is 1. The van der Waals surface area contributed by atoms with Gasteiger partial charge in [0.25, 0.3) is 0 Å². The predicted molar refractivity (Wildman–Crippen MR) is 75.0 cm³/mol. The monoisotopic (exact) mass is 279 g/mol. The first-order chi connectivity index (χ1) is 9.70. The summed E-state index contributed by atoms with van der Waals surface area (Å²) in [5.74, 6) is -0.377. The van der Waals surface area contributed by atoms with Crippen molar-refractivity contribution in [2.75, 3.05) is 0 Å². The lowest BCUT2D eigenvalue weighted by Gasteiger charge is -2.36. The Bertz CT molecular complexity index is 381. The first kappa shape index (κ1) is 13.9. The summed E-state index contributed by atoms with van der Waals surface area (Å²) in [6, 6.07) is 0.313. The zero-order valence-electron chi connectivity index (χ0n) is 12.2. The maximum Gasteiger partial charge on any atom is 0.307 e. The average molecular weight is 279 g/mol. The van der Waals surface area contributed by atoms with Gasteiger partial charge in [-0.3, -0.25) is 9.59 Å². The van der Waals surface area contributed by atoms with E-state index in [-0.39, 0.29) is 24.2 Å². The Balaban J connectivity index is 1.66. The normalized spacial score (nSPS) is 30.2. The zero-order valence-corrected chi connectivity index (χ0v) is 12.2. The maximum absolute atomic E-state index is 12.6. The third-order valence-corrected chi connectivity index (χ3v) is 5.29. The van der Waals surface area contributed by atoms with Crippen LogP contribution in [0, 0.1) is 5.92 Å². The lowest BCUT2D eigenvalue weighted by molar-refractivity contribution is -0.153. The van der Waals surface area contributed by atoms with E-state index in [1.54, 1.807) is 0 Å². The van der Waals surface area contributed by atoms with Crippen LogP contribution in [0.1, 0.15) is 70.6 Å². The molecule has 2 aliphatic carbocycles. The van der Waals surface area contributed by atoms with Gasteiger partial charge in [0, 0.05) is 6.04 Å². The minimum atomic E-state index is -0.478. The molecule has 0 aromatic carbocycles. The van der Waals surface area contributed by atoms with Gasteiger partial charge in [-0.15, -0.1) is 0 Å². The molecule has 3 aliphatic rings. The van der Waals surface area contributed by atoms with Gasteiger partial charge in [-0.1, -0.05) is 25.7 Å². The van der Waals surface area contributed by atoms with Gasteiger partial charge < -0.3 is 10.1 Å². The largest absolute Gasteiger partial charge is 0.458 e. The molecule has 112 valence electrons. The van der Waals surface area contributed by atoms with Gasteiger partial charge in [0.2, 0.25) is 5.91 Å². The molecule has 3 fully saturated rings. The van der Waals surface area contributed by atoms with Crippen molar-refractivity contribution in [1.29, 1.82) is 0 Å². The van der Waals surface area contributed by atoms with E-state index in [1.807, 2.05) is 0 Å². The summed E-state index contributed by atoms with van der Waals surface area (Å²) in [5, 5.41) is 3.18. The minimum Gasteiger partial charge on any atom is -0.458 e. The lowest BCUT2D eigenvalue weighted by Crippen LogP contribution is -2.48. The van der Waals surface area contributed by atoms with E-state index < -0.39 is 5.60 Å². The SMILES string of the molecule is O=C1C[C@H](C(=O)NC2CCCCC2)C2(CCCCC2)O1. The second-order valence-electron chi connectivity index (χ2n) is 6.70. The molecule has 1 aliphatic heterocycles. The van der Waals surface area contributed by atoms with Crippen LogP contribution in [0.2, 0.25) is 0 Å². The molecule has 0 radical (unpaired) electrons. The number of carbonyl (C=O) groups is 2. The minimum absolute atomic E-state index is 0.0599. The molecular weight excluding hydrogens is 254 g/mol. The summed E-state index contributed by atoms with van der Waals surface area (Å²) >= 11 is 0. The van der Waals surface area contributed by atoms with E-state index in [0.717, 1.165) is 38.5 Å². The van der Waals surface area contributed by atoms with Crippen LogP contribution in [0.3, 0.4) is 0 Å². The smallest absolute Gasteiger partial charge is 0.307 e. The van der Waals surface area contributed by atoms with Gasteiger partial charge in [-0.2, -0.15) is 0 Å². The van der Waals surface area contributed by atoms with Gasteiger partial charge in [0.1, 0.15) is 5.60 Å². The molecule has 4 nitrogen and oxygen atoms in total. The highest BCUT2D eigenvalue weighted by atomic mass is 16.6. The first-order valence-corrected chi connectivity index (χ1v) is 8.22. The molecule has 20 heavy (non-hydrogen) atoms. The molecule has 2 saturated carbocycles. The van der Waals surface area contributed by atoms with Gasteiger partial charge >= 0.3 is 5.97 Å². The highest BCUT2D eigenvalue weighted by Crippen LogP contribution is 2.44. The van der Waals surface area contributed by atoms with Crippen molar-refractivity contribution < 1.29 is 14.3 Å². The molecule has 1 saturated heterocycles. The van der Waals surface area contributed by atoms with Crippen molar-refractivity contribution in [3.8, 4) is 0 Å². The van der Waals surface area contributed by atoms with Crippen molar-refractivity contribution >= 4 is 11.9 Å². The van der Waals surface area contributed by atoms with E-state index in [0.29, 0.717) is 6.04 Å². The molecule has 1 atom stereocenters. The lowest BCUT2D eigenvalue weighted by atomic mass is 9.75. The van der Waals surface area contributed by atoms with Gasteiger partial charge in [-0.25, -0.2) is 0 Å². The number of hydrogen-bond donors (Lipinski definition) is 1. The molecule has 0 aromatic rings. The third kappa shape index (κ3) is 2.70. The Hall–Kier alpha value is -1.06. The fourth-order valence-electron chi connectivity index (χ4n) is 4.17. The van der Waals surface area contributed by atoms with Gasteiger partial charge in [0.05, 0.1) is 12.3 Å². The molecule has 1 amide bonds. The molecule has 1 heterocycles. The van der Waals surface area contributed by atoms with E-state index in [4.69, 9.17) is 4.74 Å². The molecule has 1 spiro atoms. The van der Waals surface area contributed by atoms with E-state index in [2.05, 4.69) is 5.32 Å². The van der Waals surface area contributed by atoms with Crippen molar-refractivity contribution in [1.82, 2.24) is 5.32 Å². The van der Waals surface area contributed by atoms with Crippen LogP contribution in [0.15, 0.2) is 0 Å². The highest BCUT2D eigenvalue weighted by Gasteiger charge is 2.52. The molecular formula is C16H25NO3. The molecule has 4 heteroatoms.